The molecule has 0 aromatic heterocycles. The Morgan fingerprint density at radius 2 is 1.31 bits per heavy atom. The van der Waals surface area contributed by atoms with Crippen LogP contribution in [-0.2, 0) is 26.8 Å². The molecule has 0 saturated heterocycles. The maximum Gasteiger partial charge on any atom is 0.298 e. The Balaban J connectivity index is 2.24. The maximum absolute atomic E-state index is 13.5. The summed E-state index contributed by atoms with van der Waals surface area (Å²) < 4.78 is 68.9. The van der Waals surface area contributed by atoms with Gasteiger partial charge in [-0.15, -0.1) is 0 Å². The molecule has 4 rings (SSSR count). The van der Waals surface area contributed by atoms with Crippen molar-refractivity contribution < 1.29 is 35.5 Å². The van der Waals surface area contributed by atoms with E-state index in [0.717, 1.165) is 6.07 Å². The molecule has 0 bridgehead atoms. The highest BCUT2D eigenvalue weighted by Crippen LogP contribution is 2.46. The molecule has 13 heteroatoms. The average molecular weight is 518 g/mol. The zero-order valence-corrected chi connectivity index (χ0v) is 19.7. The fourth-order valence-electron chi connectivity index (χ4n) is 4.24. The average Bonchev–Trinajstić information content (AvgIpc) is 2.76. The predicted octanol–water partition coefficient (Wildman–Crippen LogP) is 1.51. The molecule has 3 aromatic carbocycles. The number of benzene rings is 3. The number of hydrogen-bond donors (Lipinski definition) is 5. The number of fused-ring (bicyclic) bond motifs is 2. The minimum atomic E-state index is -5.15. The van der Waals surface area contributed by atoms with Gasteiger partial charge in [0.25, 0.3) is 20.2 Å². The van der Waals surface area contributed by atoms with Gasteiger partial charge in [-0.25, -0.2) is 0 Å². The SMILES string of the molecule is CNCc1ccc(-c2c(N)c(S(=O)(=O)O)c(N)c3c2C(=O)c2ccccc2C3=O)c(S(=O)(=O)O)c1. The van der Waals surface area contributed by atoms with Gasteiger partial charge in [0.2, 0.25) is 0 Å². The van der Waals surface area contributed by atoms with E-state index in [1.54, 1.807) is 7.05 Å². The Labute approximate surface area is 200 Å². The molecule has 1 aliphatic carbocycles. The van der Waals surface area contributed by atoms with Crippen LogP contribution in [0.2, 0.25) is 0 Å². The zero-order valence-electron chi connectivity index (χ0n) is 18.1. The van der Waals surface area contributed by atoms with E-state index in [1.807, 2.05) is 0 Å². The standard InChI is InChI=1S/C22H19N3O8S2/c1-25-9-10-6-7-13(14(8-10)34(28,29)30)15-16-17(19(24)22(18(15)23)35(31,32)33)21(27)12-5-3-2-4-11(12)20(16)26/h2-8,25H,9,23-24H2,1H3,(H,28,29,30)(H,31,32,33). The van der Waals surface area contributed by atoms with Gasteiger partial charge in [-0.3, -0.25) is 18.7 Å². The van der Waals surface area contributed by atoms with Crippen molar-refractivity contribution in [3.05, 3.63) is 70.3 Å². The maximum atomic E-state index is 13.5. The lowest BCUT2D eigenvalue weighted by molar-refractivity contribution is 0.0980. The second-order valence-corrected chi connectivity index (χ2v) is 10.5. The van der Waals surface area contributed by atoms with Crippen LogP contribution in [0.5, 0.6) is 0 Å². The van der Waals surface area contributed by atoms with Gasteiger partial charge in [-0.2, -0.15) is 16.8 Å². The first kappa shape index (κ1) is 24.5. The highest BCUT2D eigenvalue weighted by molar-refractivity contribution is 7.86. The van der Waals surface area contributed by atoms with Crippen LogP contribution in [0.1, 0.15) is 37.4 Å². The number of nitrogen functional groups attached to an aromatic ring is 2. The Bertz CT molecular complexity index is 1660. The van der Waals surface area contributed by atoms with Crippen molar-refractivity contribution in [3.8, 4) is 11.1 Å². The summed E-state index contributed by atoms with van der Waals surface area (Å²) in [6.45, 7) is 0.208. The molecule has 0 saturated carbocycles. The summed E-state index contributed by atoms with van der Waals surface area (Å²) in [4.78, 5) is 25.2. The van der Waals surface area contributed by atoms with E-state index in [2.05, 4.69) is 5.32 Å². The zero-order chi connectivity index (χ0) is 25.9. The minimum Gasteiger partial charge on any atom is -0.397 e. The lowest BCUT2D eigenvalue weighted by Gasteiger charge is -2.25. The summed E-state index contributed by atoms with van der Waals surface area (Å²) in [5.74, 6) is -1.59. The minimum absolute atomic E-state index is 0.0372. The van der Waals surface area contributed by atoms with Crippen LogP contribution in [0, 0.1) is 0 Å². The topological polar surface area (TPSA) is 207 Å². The number of nitrogens with one attached hydrogen (secondary N) is 1. The Morgan fingerprint density at radius 3 is 1.83 bits per heavy atom. The highest BCUT2D eigenvalue weighted by atomic mass is 32.2. The van der Waals surface area contributed by atoms with Gasteiger partial charge in [-0.1, -0.05) is 36.4 Å². The second-order valence-electron chi connectivity index (χ2n) is 7.80. The van der Waals surface area contributed by atoms with Gasteiger partial charge in [0.05, 0.1) is 16.9 Å². The Kier molecular flexibility index (Phi) is 5.78. The number of nitrogens with two attached hydrogens (primary N) is 2. The summed E-state index contributed by atoms with van der Waals surface area (Å²) in [6, 6.07) is 9.49. The third-order valence-electron chi connectivity index (χ3n) is 5.63. The van der Waals surface area contributed by atoms with E-state index < -0.39 is 69.7 Å². The molecule has 0 spiro atoms. The molecule has 11 nitrogen and oxygen atoms in total. The second kappa shape index (κ2) is 8.25. The summed E-state index contributed by atoms with van der Waals surface area (Å²) in [5, 5.41) is 2.81. The Hall–Kier alpha value is -3.62. The molecule has 0 unspecified atom stereocenters. The number of rotatable bonds is 5. The van der Waals surface area contributed by atoms with Crippen molar-refractivity contribution in [1.29, 1.82) is 0 Å². The number of ketones is 2. The van der Waals surface area contributed by atoms with Gasteiger partial charge in [0.15, 0.2) is 11.6 Å². The Morgan fingerprint density at radius 1 is 0.771 bits per heavy atom. The lowest BCUT2D eigenvalue weighted by atomic mass is 9.79. The van der Waals surface area contributed by atoms with Crippen LogP contribution < -0.4 is 16.8 Å². The third-order valence-corrected chi connectivity index (χ3v) is 7.48. The molecule has 35 heavy (non-hydrogen) atoms. The first-order chi connectivity index (χ1) is 16.3. The molecule has 3 aromatic rings. The van der Waals surface area contributed by atoms with E-state index in [4.69, 9.17) is 11.5 Å². The van der Waals surface area contributed by atoms with Crippen LogP contribution in [-0.4, -0.2) is 44.6 Å². The molecule has 0 fully saturated rings. The first-order valence-electron chi connectivity index (χ1n) is 9.95. The molecule has 0 radical (unpaired) electrons. The molecule has 7 N–H and O–H groups in total. The first-order valence-corrected chi connectivity index (χ1v) is 12.8. The van der Waals surface area contributed by atoms with Crippen LogP contribution >= 0.6 is 0 Å². The fourth-order valence-corrected chi connectivity index (χ4v) is 5.74. The van der Waals surface area contributed by atoms with Gasteiger partial charge in [0, 0.05) is 34.4 Å². The normalized spacial score (nSPS) is 13.5. The van der Waals surface area contributed by atoms with Crippen molar-refractivity contribution in [2.75, 3.05) is 18.5 Å². The van der Waals surface area contributed by atoms with Crippen molar-refractivity contribution in [2.45, 2.75) is 16.3 Å². The smallest absolute Gasteiger partial charge is 0.298 e. The quantitative estimate of drug-likeness (QED) is 0.189. The molecular formula is C22H19N3O8S2. The van der Waals surface area contributed by atoms with Crippen molar-refractivity contribution in [1.82, 2.24) is 5.32 Å². The van der Waals surface area contributed by atoms with Crippen LogP contribution in [0.25, 0.3) is 11.1 Å². The number of carbonyl (C=O) groups is 2. The largest absolute Gasteiger partial charge is 0.397 e. The molecule has 0 atom stereocenters. The number of anilines is 2. The van der Waals surface area contributed by atoms with Gasteiger partial charge >= 0.3 is 0 Å². The van der Waals surface area contributed by atoms with Crippen molar-refractivity contribution >= 4 is 43.2 Å². The number of hydrogen-bond acceptors (Lipinski definition) is 9. The van der Waals surface area contributed by atoms with E-state index in [-0.39, 0.29) is 23.2 Å². The lowest BCUT2D eigenvalue weighted by Crippen LogP contribution is -2.26. The molecule has 182 valence electrons. The van der Waals surface area contributed by atoms with Gasteiger partial charge in [-0.05, 0) is 18.7 Å². The molecular weight excluding hydrogens is 498 g/mol. The summed E-state index contributed by atoms with van der Waals surface area (Å²) >= 11 is 0. The van der Waals surface area contributed by atoms with Crippen LogP contribution in [0.15, 0.2) is 52.3 Å². The van der Waals surface area contributed by atoms with Crippen molar-refractivity contribution in [2.24, 2.45) is 0 Å². The van der Waals surface area contributed by atoms with Crippen molar-refractivity contribution in [3.63, 3.8) is 0 Å². The van der Waals surface area contributed by atoms with E-state index in [1.165, 1.54) is 36.4 Å². The van der Waals surface area contributed by atoms with Gasteiger partial charge in [0.1, 0.15) is 9.79 Å². The van der Waals surface area contributed by atoms with E-state index >= 15 is 0 Å². The monoisotopic (exact) mass is 517 g/mol. The number of carbonyl (C=O) groups excluding carboxylic acids is 2. The fraction of sp³-hybridized carbons (Fsp3) is 0.0909. The molecule has 0 amide bonds. The molecule has 0 heterocycles. The van der Waals surface area contributed by atoms with Crippen LogP contribution in [0.4, 0.5) is 11.4 Å². The summed E-state index contributed by atoms with van der Waals surface area (Å²) in [7, 11) is -8.48. The van der Waals surface area contributed by atoms with E-state index in [0.29, 0.717) is 5.56 Å². The highest BCUT2D eigenvalue weighted by Gasteiger charge is 2.39. The molecule has 0 aliphatic heterocycles. The van der Waals surface area contributed by atoms with E-state index in [9.17, 15) is 35.5 Å². The third kappa shape index (κ3) is 3.88. The molecule has 1 aliphatic rings. The summed E-state index contributed by atoms with van der Waals surface area (Å²) in [5.41, 5.74) is 9.06. The van der Waals surface area contributed by atoms with Crippen LogP contribution in [0.3, 0.4) is 0 Å². The predicted molar refractivity (Wildman–Crippen MR) is 126 cm³/mol. The van der Waals surface area contributed by atoms with Gasteiger partial charge < -0.3 is 16.8 Å². The summed E-state index contributed by atoms with van der Waals surface area (Å²) in [6.07, 6.45) is 0.